The largest absolute Gasteiger partial charge is 0.340 e. The summed E-state index contributed by atoms with van der Waals surface area (Å²) in [5.41, 5.74) is -0.781. The summed E-state index contributed by atoms with van der Waals surface area (Å²) >= 11 is 5.01. The smallest absolute Gasteiger partial charge is 0.249 e. The number of piperazine rings is 1. The molecule has 20 heavy (non-hydrogen) atoms. The Bertz CT molecular complexity index is 531. The zero-order valence-electron chi connectivity index (χ0n) is 11.9. The van der Waals surface area contributed by atoms with Crippen molar-refractivity contribution >= 4 is 39.1 Å². The Labute approximate surface area is 131 Å². The number of hydrogen-bond acceptors (Lipinski definition) is 3. The number of carbonyl (C=O) groups is 2. The molecule has 0 saturated carbocycles. The molecule has 2 atom stereocenters. The Balaban J connectivity index is 2.29. The lowest BCUT2D eigenvalue weighted by Crippen LogP contribution is -2.68. The van der Waals surface area contributed by atoms with Gasteiger partial charge in [-0.15, -0.1) is 11.3 Å². The summed E-state index contributed by atoms with van der Waals surface area (Å²) < 4.78 is 1.01. The highest BCUT2D eigenvalue weighted by Gasteiger charge is 2.46. The fourth-order valence-corrected chi connectivity index (χ4v) is 3.89. The van der Waals surface area contributed by atoms with Gasteiger partial charge in [0, 0.05) is 14.7 Å². The third-order valence-electron chi connectivity index (χ3n) is 3.85. The second-order valence-corrected chi connectivity index (χ2v) is 7.17. The van der Waals surface area contributed by atoms with Gasteiger partial charge in [0.1, 0.15) is 11.6 Å². The van der Waals surface area contributed by atoms with Gasteiger partial charge in [-0.05, 0) is 41.8 Å². The maximum Gasteiger partial charge on any atom is 0.249 e. The van der Waals surface area contributed by atoms with Crippen LogP contribution in [0, 0.1) is 0 Å². The molecule has 1 aromatic rings. The zero-order chi connectivity index (χ0) is 14.9. The van der Waals surface area contributed by atoms with Crippen LogP contribution in [0.5, 0.6) is 0 Å². The van der Waals surface area contributed by atoms with Crippen molar-refractivity contribution in [1.29, 1.82) is 0 Å². The molecule has 0 aliphatic carbocycles. The fourth-order valence-electron chi connectivity index (χ4n) is 2.44. The first-order valence-corrected chi connectivity index (χ1v) is 8.44. The van der Waals surface area contributed by atoms with Crippen LogP contribution in [0.1, 0.15) is 38.5 Å². The number of hydrogen-bond donors (Lipinski definition) is 1. The van der Waals surface area contributed by atoms with Crippen molar-refractivity contribution < 1.29 is 9.59 Å². The van der Waals surface area contributed by atoms with Crippen LogP contribution in [-0.2, 0) is 16.1 Å². The third kappa shape index (κ3) is 2.76. The molecule has 2 heterocycles. The maximum absolute atomic E-state index is 12.7. The van der Waals surface area contributed by atoms with E-state index in [2.05, 4.69) is 21.2 Å². The minimum absolute atomic E-state index is 0.0102. The van der Waals surface area contributed by atoms with E-state index in [4.69, 9.17) is 0 Å². The summed E-state index contributed by atoms with van der Waals surface area (Å²) in [6.07, 6.45) is 1.22. The lowest BCUT2D eigenvalue weighted by Gasteiger charge is -2.43. The fraction of sp³-hybridized carbons (Fsp3) is 0.571. The number of carbonyl (C=O) groups excluding carboxylic acids is 2. The summed E-state index contributed by atoms with van der Waals surface area (Å²) in [5, 5.41) is 4.87. The molecule has 1 aliphatic rings. The van der Waals surface area contributed by atoms with Gasteiger partial charge in [-0.25, -0.2) is 0 Å². The van der Waals surface area contributed by atoms with Gasteiger partial charge < -0.3 is 10.2 Å². The van der Waals surface area contributed by atoms with Gasteiger partial charge in [0.2, 0.25) is 11.8 Å². The van der Waals surface area contributed by atoms with E-state index in [-0.39, 0.29) is 17.9 Å². The Morgan fingerprint density at radius 2 is 2.15 bits per heavy atom. The van der Waals surface area contributed by atoms with Crippen molar-refractivity contribution in [2.75, 3.05) is 0 Å². The van der Waals surface area contributed by atoms with Crippen molar-refractivity contribution in [1.82, 2.24) is 10.2 Å². The number of nitrogens with one attached hydrogen (secondary N) is 1. The minimum atomic E-state index is -0.781. The van der Waals surface area contributed by atoms with E-state index in [0.717, 1.165) is 9.35 Å². The molecule has 1 aliphatic heterocycles. The summed E-state index contributed by atoms with van der Waals surface area (Å²) in [4.78, 5) is 27.8. The molecule has 0 spiro atoms. The normalized spacial score (nSPS) is 26.8. The number of thiophene rings is 1. The number of nitrogens with zero attached hydrogens (tertiary/aromatic N) is 1. The van der Waals surface area contributed by atoms with Gasteiger partial charge in [0.05, 0.1) is 6.54 Å². The van der Waals surface area contributed by atoms with Gasteiger partial charge in [-0.3, -0.25) is 9.59 Å². The van der Waals surface area contributed by atoms with Crippen LogP contribution in [-0.4, -0.2) is 28.3 Å². The van der Waals surface area contributed by atoms with Crippen LogP contribution in [0.25, 0.3) is 0 Å². The van der Waals surface area contributed by atoms with E-state index in [1.165, 1.54) is 0 Å². The molecule has 2 amide bonds. The van der Waals surface area contributed by atoms with Gasteiger partial charge in [-0.2, -0.15) is 0 Å². The van der Waals surface area contributed by atoms with E-state index in [1.54, 1.807) is 23.2 Å². The Morgan fingerprint density at radius 3 is 2.65 bits per heavy atom. The predicted octanol–water partition coefficient (Wildman–Crippen LogP) is 2.92. The average Bonchev–Trinajstić information content (AvgIpc) is 2.81. The molecule has 1 N–H and O–H groups in total. The molecule has 1 fully saturated rings. The molecule has 0 radical (unpaired) electrons. The van der Waals surface area contributed by atoms with E-state index in [1.807, 2.05) is 25.3 Å². The van der Waals surface area contributed by atoms with Crippen LogP contribution in [0.4, 0.5) is 0 Å². The highest BCUT2D eigenvalue weighted by Crippen LogP contribution is 2.27. The molecule has 2 unspecified atom stereocenters. The van der Waals surface area contributed by atoms with E-state index < -0.39 is 5.54 Å². The van der Waals surface area contributed by atoms with Gasteiger partial charge in [0.15, 0.2) is 0 Å². The second kappa shape index (κ2) is 5.85. The number of halogens is 1. The number of rotatable bonds is 4. The van der Waals surface area contributed by atoms with E-state index in [9.17, 15) is 9.59 Å². The SMILES string of the molecule is CCC1C(=O)NC(C)(CC)C(=O)N1Cc1cc(Br)cs1. The molecule has 0 bridgehead atoms. The van der Waals surface area contributed by atoms with Crippen LogP contribution >= 0.6 is 27.3 Å². The quantitative estimate of drug-likeness (QED) is 0.899. The highest BCUT2D eigenvalue weighted by molar-refractivity contribution is 9.10. The van der Waals surface area contributed by atoms with E-state index in [0.29, 0.717) is 19.4 Å². The zero-order valence-corrected chi connectivity index (χ0v) is 14.3. The second-order valence-electron chi connectivity index (χ2n) is 5.26. The first-order valence-electron chi connectivity index (χ1n) is 6.77. The van der Waals surface area contributed by atoms with Gasteiger partial charge in [-0.1, -0.05) is 13.8 Å². The molecule has 1 saturated heterocycles. The molecule has 4 nitrogen and oxygen atoms in total. The molecule has 6 heteroatoms. The highest BCUT2D eigenvalue weighted by atomic mass is 79.9. The van der Waals surface area contributed by atoms with Crippen LogP contribution in [0.2, 0.25) is 0 Å². The molecule has 2 rings (SSSR count). The van der Waals surface area contributed by atoms with Crippen LogP contribution in [0.3, 0.4) is 0 Å². The van der Waals surface area contributed by atoms with Crippen LogP contribution < -0.4 is 5.32 Å². The summed E-state index contributed by atoms with van der Waals surface area (Å²) in [6, 6.07) is 1.63. The van der Waals surface area contributed by atoms with Crippen LogP contribution in [0.15, 0.2) is 15.9 Å². The maximum atomic E-state index is 12.7. The lowest BCUT2D eigenvalue weighted by atomic mass is 9.91. The first-order chi connectivity index (χ1) is 9.41. The minimum Gasteiger partial charge on any atom is -0.340 e. The summed E-state index contributed by atoms with van der Waals surface area (Å²) in [7, 11) is 0. The standard InChI is InChI=1S/C14H19BrN2O2S/c1-4-11-12(18)16-14(3,5-2)13(19)17(11)7-10-6-9(15)8-20-10/h6,8,11H,4-5,7H2,1-3H3,(H,16,18). The predicted molar refractivity (Wildman–Crippen MR) is 83.5 cm³/mol. The Hall–Kier alpha value is -0.880. The van der Waals surface area contributed by atoms with Crippen molar-refractivity contribution in [3.05, 3.63) is 20.8 Å². The molecule has 0 aromatic carbocycles. The lowest BCUT2D eigenvalue weighted by molar-refractivity contribution is -0.155. The average molecular weight is 359 g/mol. The molecule has 110 valence electrons. The Kier molecular flexibility index (Phi) is 4.54. The first kappa shape index (κ1) is 15.5. The monoisotopic (exact) mass is 358 g/mol. The van der Waals surface area contributed by atoms with Crippen molar-refractivity contribution in [2.45, 2.75) is 51.7 Å². The van der Waals surface area contributed by atoms with Crippen molar-refractivity contribution in [3.8, 4) is 0 Å². The third-order valence-corrected chi connectivity index (χ3v) is 5.53. The van der Waals surface area contributed by atoms with Crippen molar-refractivity contribution in [3.63, 3.8) is 0 Å². The summed E-state index contributed by atoms with van der Waals surface area (Å²) in [6.45, 7) is 6.15. The van der Waals surface area contributed by atoms with Gasteiger partial charge in [0.25, 0.3) is 0 Å². The van der Waals surface area contributed by atoms with Gasteiger partial charge >= 0.3 is 0 Å². The topological polar surface area (TPSA) is 49.4 Å². The number of amides is 2. The van der Waals surface area contributed by atoms with Crippen molar-refractivity contribution in [2.24, 2.45) is 0 Å². The Morgan fingerprint density at radius 1 is 1.45 bits per heavy atom. The molecule has 1 aromatic heterocycles. The molecular weight excluding hydrogens is 340 g/mol. The van der Waals surface area contributed by atoms with E-state index >= 15 is 0 Å². The summed E-state index contributed by atoms with van der Waals surface area (Å²) in [5.74, 6) is -0.0388. The molecular formula is C14H19BrN2O2S.